The normalized spacial score (nSPS) is 14.3. The molecule has 2 aromatic carbocycles. The van der Waals surface area contributed by atoms with Crippen molar-refractivity contribution < 1.29 is 19.0 Å². The van der Waals surface area contributed by atoms with E-state index < -0.39 is 6.10 Å². The summed E-state index contributed by atoms with van der Waals surface area (Å²) in [6.07, 6.45) is 6.73. The average molecular weight is 478 g/mol. The first kappa shape index (κ1) is 24.9. The number of ether oxygens (including phenoxy) is 2. The molecule has 184 valence electrons. The predicted molar refractivity (Wildman–Crippen MR) is 133 cm³/mol. The number of terminal acetylenes is 1. The lowest BCUT2D eigenvalue weighted by Crippen LogP contribution is -2.36. The third-order valence-corrected chi connectivity index (χ3v) is 5.89. The van der Waals surface area contributed by atoms with Gasteiger partial charge in [0.1, 0.15) is 18.2 Å². The van der Waals surface area contributed by atoms with Crippen LogP contribution in [-0.4, -0.2) is 51.7 Å². The fourth-order valence-corrected chi connectivity index (χ4v) is 4.12. The van der Waals surface area contributed by atoms with Crippen LogP contribution in [0.2, 0.25) is 0 Å². The van der Waals surface area contributed by atoms with Gasteiger partial charge in [-0.1, -0.05) is 44.0 Å². The Balaban J connectivity index is 1.71. The number of aliphatic hydroxyl groups excluding tert-OH is 1. The number of hydrogen-bond donors (Lipinski definition) is 1. The molecule has 35 heavy (non-hydrogen) atoms. The second-order valence-electron chi connectivity index (χ2n) is 9.16. The van der Waals surface area contributed by atoms with Gasteiger partial charge in [-0.05, 0) is 43.0 Å². The van der Waals surface area contributed by atoms with Crippen molar-refractivity contribution in [2.24, 2.45) is 0 Å². The zero-order valence-corrected chi connectivity index (χ0v) is 20.2. The number of hydrogen-bond acceptors (Lipinski definition) is 5. The molecule has 6 nitrogen and oxygen atoms in total. The number of halogens is 1. The van der Waals surface area contributed by atoms with Crippen molar-refractivity contribution in [3.63, 3.8) is 0 Å². The van der Waals surface area contributed by atoms with E-state index in [0.29, 0.717) is 30.8 Å². The van der Waals surface area contributed by atoms with E-state index in [4.69, 9.17) is 21.0 Å². The van der Waals surface area contributed by atoms with Crippen molar-refractivity contribution in [2.75, 3.05) is 19.8 Å². The van der Waals surface area contributed by atoms with Crippen molar-refractivity contribution in [1.29, 1.82) is 0 Å². The van der Waals surface area contributed by atoms with E-state index in [-0.39, 0.29) is 24.9 Å². The van der Waals surface area contributed by atoms with E-state index in [9.17, 15) is 9.50 Å². The molecule has 3 aromatic rings. The molecule has 1 N–H and O–H groups in total. The third kappa shape index (κ3) is 6.49. The number of para-hydroxylation sites is 1. The summed E-state index contributed by atoms with van der Waals surface area (Å²) >= 11 is 0. The molecule has 7 heteroatoms. The first-order valence-corrected chi connectivity index (χ1v) is 12.0. The molecule has 0 bridgehead atoms. The standard InChI is InChI=1S/C28H32FN3O3/c1-4-15-34-19-24(33)17-31(22-13-14-22)18-26-27(20(2)3)30-32(23-10-6-5-7-11-23)28(26)35-25-12-8-9-21(29)16-25/h1,5-12,16,20,22,24,33H,13-15,17-19H2,2-3H3/t24-/m0/s1. The van der Waals surface area contributed by atoms with Crippen LogP contribution in [0, 0.1) is 18.2 Å². The number of nitrogens with zero attached hydrogens (tertiary/aromatic N) is 3. The maximum absolute atomic E-state index is 14.0. The SMILES string of the molecule is C#CCOC[C@@H](O)CN(Cc1c(C(C)C)nn(-c2ccccc2)c1Oc1cccc(F)c1)C1CC1. The van der Waals surface area contributed by atoms with Crippen molar-refractivity contribution in [1.82, 2.24) is 14.7 Å². The van der Waals surface area contributed by atoms with Crippen LogP contribution in [0.4, 0.5) is 4.39 Å². The second-order valence-corrected chi connectivity index (χ2v) is 9.16. The van der Waals surface area contributed by atoms with Crippen LogP contribution in [0.5, 0.6) is 11.6 Å². The molecule has 0 unspecified atom stereocenters. The molecule has 0 saturated heterocycles. The summed E-state index contributed by atoms with van der Waals surface area (Å²) in [5.41, 5.74) is 2.69. The monoisotopic (exact) mass is 477 g/mol. The summed E-state index contributed by atoms with van der Waals surface area (Å²) in [7, 11) is 0. The highest BCUT2D eigenvalue weighted by Gasteiger charge is 2.33. The average Bonchev–Trinajstić information content (AvgIpc) is 3.63. The molecule has 0 amide bonds. The lowest BCUT2D eigenvalue weighted by molar-refractivity contribution is 0.0240. The Kier molecular flexibility index (Phi) is 8.19. The molecule has 1 saturated carbocycles. The molecule has 1 fully saturated rings. The van der Waals surface area contributed by atoms with Gasteiger partial charge in [-0.2, -0.15) is 5.10 Å². The van der Waals surface area contributed by atoms with Crippen LogP contribution in [0.15, 0.2) is 54.6 Å². The zero-order chi connectivity index (χ0) is 24.8. The van der Waals surface area contributed by atoms with Gasteiger partial charge < -0.3 is 14.6 Å². The minimum atomic E-state index is -0.664. The third-order valence-electron chi connectivity index (χ3n) is 5.89. The molecule has 1 heterocycles. The first-order chi connectivity index (χ1) is 17.0. The van der Waals surface area contributed by atoms with Gasteiger partial charge >= 0.3 is 0 Å². The van der Waals surface area contributed by atoms with E-state index in [2.05, 4.69) is 24.7 Å². The molecular weight excluding hydrogens is 445 g/mol. The quantitative estimate of drug-likeness (QED) is 0.297. The van der Waals surface area contributed by atoms with Crippen molar-refractivity contribution in [3.8, 4) is 29.7 Å². The minimum absolute atomic E-state index is 0.134. The van der Waals surface area contributed by atoms with Gasteiger partial charge in [0.25, 0.3) is 0 Å². The Labute approximate surface area is 206 Å². The van der Waals surface area contributed by atoms with Crippen molar-refractivity contribution in [3.05, 3.63) is 71.7 Å². The van der Waals surface area contributed by atoms with Crippen LogP contribution < -0.4 is 4.74 Å². The van der Waals surface area contributed by atoms with E-state index in [1.807, 2.05) is 30.3 Å². The lowest BCUT2D eigenvalue weighted by Gasteiger charge is -2.25. The van der Waals surface area contributed by atoms with Gasteiger partial charge in [-0.25, -0.2) is 9.07 Å². The van der Waals surface area contributed by atoms with E-state index in [1.165, 1.54) is 12.1 Å². The molecule has 1 aromatic heterocycles. The topological polar surface area (TPSA) is 59.8 Å². The van der Waals surface area contributed by atoms with Crippen LogP contribution in [-0.2, 0) is 11.3 Å². The highest BCUT2D eigenvalue weighted by atomic mass is 19.1. The highest BCUT2D eigenvalue weighted by Crippen LogP contribution is 2.37. The Morgan fingerprint density at radius 2 is 1.97 bits per heavy atom. The minimum Gasteiger partial charge on any atom is -0.438 e. The fraction of sp³-hybridized carbons (Fsp3) is 0.393. The Bertz CT molecular complexity index is 1150. The Hall–Kier alpha value is -3.18. The maximum atomic E-state index is 14.0. The van der Waals surface area contributed by atoms with Crippen molar-refractivity contribution in [2.45, 2.75) is 51.3 Å². The molecule has 0 spiro atoms. The van der Waals surface area contributed by atoms with Gasteiger partial charge in [0.05, 0.1) is 29.7 Å². The smallest absolute Gasteiger partial charge is 0.227 e. The van der Waals surface area contributed by atoms with Gasteiger partial charge in [0, 0.05) is 25.2 Å². The lowest BCUT2D eigenvalue weighted by atomic mass is 10.1. The molecule has 0 radical (unpaired) electrons. The van der Waals surface area contributed by atoms with Gasteiger partial charge in [-0.3, -0.25) is 4.90 Å². The number of aromatic nitrogens is 2. The molecule has 1 atom stereocenters. The summed E-state index contributed by atoms with van der Waals surface area (Å²) in [6.45, 7) is 5.53. The van der Waals surface area contributed by atoms with E-state index in [1.54, 1.807) is 16.8 Å². The maximum Gasteiger partial charge on any atom is 0.227 e. The first-order valence-electron chi connectivity index (χ1n) is 12.0. The Morgan fingerprint density at radius 3 is 2.63 bits per heavy atom. The van der Waals surface area contributed by atoms with Crippen LogP contribution in [0.1, 0.15) is 43.9 Å². The zero-order valence-electron chi connectivity index (χ0n) is 20.2. The number of rotatable bonds is 12. The molecule has 4 rings (SSSR count). The molecule has 0 aliphatic heterocycles. The Morgan fingerprint density at radius 1 is 1.20 bits per heavy atom. The molecule has 1 aliphatic rings. The van der Waals surface area contributed by atoms with E-state index >= 15 is 0 Å². The summed E-state index contributed by atoms with van der Waals surface area (Å²) in [6, 6.07) is 16.3. The number of benzene rings is 2. The summed E-state index contributed by atoms with van der Waals surface area (Å²) < 4.78 is 27.4. The van der Waals surface area contributed by atoms with Gasteiger partial charge in [0.2, 0.25) is 5.88 Å². The van der Waals surface area contributed by atoms with Gasteiger partial charge in [0.15, 0.2) is 0 Å². The van der Waals surface area contributed by atoms with Gasteiger partial charge in [-0.15, -0.1) is 6.42 Å². The summed E-state index contributed by atoms with van der Waals surface area (Å²) in [4.78, 5) is 2.25. The van der Waals surface area contributed by atoms with Crippen LogP contribution in [0.3, 0.4) is 0 Å². The predicted octanol–water partition coefficient (Wildman–Crippen LogP) is 4.90. The van der Waals surface area contributed by atoms with Crippen LogP contribution in [0.25, 0.3) is 5.69 Å². The summed E-state index contributed by atoms with van der Waals surface area (Å²) in [5.74, 6) is 3.14. The second kappa shape index (κ2) is 11.5. The largest absolute Gasteiger partial charge is 0.438 e. The summed E-state index contributed by atoms with van der Waals surface area (Å²) in [5, 5.41) is 15.5. The molecular formula is C28H32FN3O3. The molecule has 1 aliphatic carbocycles. The van der Waals surface area contributed by atoms with Crippen molar-refractivity contribution >= 4 is 0 Å². The number of aliphatic hydroxyl groups is 1. The fourth-order valence-electron chi connectivity index (χ4n) is 4.12. The van der Waals surface area contributed by atoms with E-state index in [0.717, 1.165) is 29.8 Å². The highest BCUT2D eigenvalue weighted by molar-refractivity contribution is 5.44. The van der Waals surface area contributed by atoms with Crippen LogP contribution >= 0.6 is 0 Å².